The molecule has 4 nitrogen and oxygen atoms in total. The predicted octanol–water partition coefficient (Wildman–Crippen LogP) is 4.12. The third-order valence-corrected chi connectivity index (χ3v) is 3.39. The molecule has 6 heteroatoms. The van der Waals surface area contributed by atoms with E-state index in [-0.39, 0.29) is 0 Å². The molecule has 0 aliphatic carbocycles. The Morgan fingerprint density at radius 1 is 0.920 bits per heavy atom. The maximum Gasteiger partial charge on any atom is 0.271 e. The SMILES string of the molecule is O=C(Nc1ccccn1)C(Oc1ccc(F)cc1)c1ccc(F)cc1. The lowest BCUT2D eigenvalue weighted by Crippen LogP contribution is -2.26. The van der Waals surface area contributed by atoms with Crippen molar-refractivity contribution in [1.82, 2.24) is 4.98 Å². The summed E-state index contributed by atoms with van der Waals surface area (Å²) in [6, 6.07) is 15.8. The fraction of sp³-hybridized carbons (Fsp3) is 0.0526. The van der Waals surface area contributed by atoms with Crippen LogP contribution in [-0.4, -0.2) is 10.9 Å². The molecule has 0 aliphatic heterocycles. The van der Waals surface area contributed by atoms with Crippen LogP contribution in [-0.2, 0) is 4.79 Å². The van der Waals surface area contributed by atoms with Gasteiger partial charge in [-0.15, -0.1) is 0 Å². The topological polar surface area (TPSA) is 51.2 Å². The highest BCUT2D eigenvalue weighted by Crippen LogP contribution is 2.24. The minimum atomic E-state index is -1.05. The molecule has 25 heavy (non-hydrogen) atoms. The van der Waals surface area contributed by atoms with Crippen LogP contribution in [0.15, 0.2) is 72.9 Å². The van der Waals surface area contributed by atoms with E-state index in [2.05, 4.69) is 10.3 Å². The van der Waals surface area contributed by atoms with E-state index in [1.807, 2.05) is 0 Å². The second kappa shape index (κ2) is 7.53. The summed E-state index contributed by atoms with van der Waals surface area (Å²) in [6.45, 7) is 0. The largest absolute Gasteiger partial charge is 0.476 e. The number of halogens is 2. The molecule has 1 amide bonds. The highest BCUT2D eigenvalue weighted by molar-refractivity contribution is 5.94. The van der Waals surface area contributed by atoms with Crippen LogP contribution in [0.25, 0.3) is 0 Å². The van der Waals surface area contributed by atoms with Gasteiger partial charge in [-0.1, -0.05) is 18.2 Å². The summed E-state index contributed by atoms with van der Waals surface area (Å²) >= 11 is 0. The van der Waals surface area contributed by atoms with Crippen LogP contribution in [0, 0.1) is 11.6 Å². The average molecular weight is 340 g/mol. The summed E-state index contributed by atoms with van der Waals surface area (Å²) in [7, 11) is 0. The van der Waals surface area contributed by atoms with Gasteiger partial charge in [-0.05, 0) is 48.5 Å². The Morgan fingerprint density at radius 3 is 2.16 bits per heavy atom. The molecule has 1 atom stereocenters. The molecular formula is C19H14F2N2O2. The van der Waals surface area contributed by atoms with Gasteiger partial charge in [0.1, 0.15) is 23.2 Å². The molecule has 1 N–H and O–H groups in total. The zero-order chi connectivity index (χ0) is 17.6. The molecule has 2 aromatic carbocycles. The molecule has 0 aliphatic rings. The first kappa shape index (κ1) is 16.6. The number of carbonyl (C=O) groups is 1. The Kier molecular flexibility index (Phi) is 4.99. The summed E-state index contributed by atoms with van der Waals surface area (Å²) in [5.41, 5.74) is 0.458. The number of aromatic nitrogens is 1. The van der Waals surface area contributed by atoms with Crippen LogP contribution in [0.5, 0.6) is 5.75 Å². The molecule has 3 rings (SSSR count). The number of carbonyl (C=O) groups excluding carboxylic acids is 1. The first-order valence-electron chi connectivity index (χ1n) is 7.51. The Bertz CT molecular complexity index is 838. The van der Waals surface area contributed by atoms with E-state index < -0.39 is 23.6 Å². The molecular weight excluding hydrogens is 326 g/mol. The van der Waals surface area contributed by atoms with Crippen LogP contribution in [0.1, 0.15) is 11.7 Å². The molecule has 0 saturated heterocycles. The van der Waals surface area contributed by atoms with E-state index in [0.717, 1.165) is 0 Å². The monoisotopic (exact) mass is 340 g/mol. The highest BCUT2D eigenvalue weighted by Gasteiger charge is 2.23. The normalized spacial score (nSPS) is 11.6. The van der Waals surface area contributed by atoms with Gasteiger partial charge in [-0.3, -0.25) is 4.79 Å². The smallest absolute Gasteiger partial charge is 0.271 e. The van der Waals surface area contributed by atoms with E-state index in [0.29, 0.717) is 17.1 Å². The van der Waals surface area contributed by atoms with Crippen molar-refractivity contribution in [2.24, 2.45) is 0 Å². The number of nitrogens with one attached hydrogen (secondary N) is 1. The van der Waals surface area contributed by atoms with Gasteiger partial charge >= 0.3 is 0 Å². The summed E-state index contributed by atoms with van der Waals surface area (Å²) in [5.74, 6) is -0.637. The average Bonchev–Trinajstić information content (AvgIpc) is 2.63. The zero-order valence-electron chi connectivity index (χ0n) is 13.0. The fourth-order valence-corrected chi connectivity index (χ4v) is 2.19. The Morgan fingerprint density at radius 2 is 1.56 bits per heavy atom. The van der Waals surface area contributed by atoms with Gasteiger partial charge in [0.05, 0.1) is 0 Å². The number of rotatable bonds is 5. The van der Waals surface area contributed by atoms with Gasteiger partial charge in [0.2, 0.25) is 6.10 Å². The van der Waals surface area contributed by atoms with E-state index in [1.165, 1.54) is 48.5 Å². The molecule has 0 saturated carbocycles. The maximum atomic E-state index is 13.2. The standard InChI is InChI=1S/C19H14F2N2O2/c20-14-6-4-13(5-7-14)18(25-16-10-8-15(21)9-11-16)19(24)23-17-3-1-2-12-22-17/h1-12,18H,(H,22,23,24). The van der Waals surface area contributed by atoms with Crippen molar-refractivity contribution in [1.29, 1.82) is 0 Å². The minimum absolute atomic E-state index is 0.312. The van der Waals surface area contributed by atoms with E-state index in [9.17, 15) is 13.6 Å². The number of amides is 1. The number of hydrogen-bond donors (Lipinski definition) is 1. The molecule has 0 spiro atoms. The van der Waals surface area contributed by atoms with Crippen molar-refractivity contribution < 1.29 is 18.3 Å². The Hall–Kier alpha value is -3.28. The van der Waals surface area contributed by atoms with Gasteiger partial charge in [-0.2, -0.15) is 0 Å². The molecule has 0 fully saturated rings. The summed E-state index contributed by atoms with van der Waals surface area (Å²) in [4.78, 5) is 16.7. The summed E-state index contributed by atoms with van der Waals surface area (Å²) in [5, 5.41) is 2.64. The third-order valence-electron chi connectivity index (χ3n) is 3.39. The fourth-order valence-electron chi connectivity index (χ4n) is 2.19. The molecule has 3 aromatic rings. The number of hydrogen-bond acceptors (Lipinski definition) is 3. The van der Waals surface area contributed by atoms with Gasteiger partial charge in [0.15, 0.2) is 0 Å². The first-order valence-corrected chi connectivity index (χ1v) is 7.51. The Labute approximate surface area is 143 Å². The molecule has 0 radical (unpaired) electrons. The van der Waals surface area contributed by atoms with Crippen LogP contribution >= 0.6 is 0 Å². The predicted molar refractivity (Wildman–Crippen MR) is 89.0 cm³/mol. The van der Waals surface area contributed by atoms with E-state index in [1.54, 1.807) is 24.4 Å². The third kappa shape index (κ3) is 4.38. The van der Waals surface area contributed by atoms with Crippen molar-refractivity contribution in [2.75, 3.05) is 5.32 Å². The van der Waals surface area contributed by atoms with E-state index in [4.69, 9.17) is 4.74 Å². The van der Waals surface area contributed by atoms with Crippen molar-refractivity contribution in [3.8, 4) is 5.75 Å². The number of nitrogens with zero attached hydrogens (tertiary/aromatic N) is 1. The van der Waals surface area contributed by atoms with Crippen molar-refractivity contribution >= 4 is 11.7 Å². The first-order chi connectivity index (χ1) is 12.1. The number of benzene rings is 2. The number of ether oxygens (including phenoxy) is 1. The van der Waals surface area contributed by atoms with Crippen molar-refractivity contribution in [3.63, 3.8) is 0 Å². The second-order valence-electron chi connectivity index (χ2n) is 5.21. The summed E-state index contributed by atoms with van der Waals surface area (Å²) in [6.07, 6.45) is 0.497. The molecule has 1 unspecified atom stereocenters. The number of pyridine rings is 1. The van der Waals surface area contributed by atoms with E-state index >= 15 is 0 Å². The van der Waals surface area contributed by atoms with Crippen LogP contribution in [0.3, 0.4) is 0 Å². The van der Waals surface area contributed by atoms with Gasteiger partial charge in [0, 0.05) is 11.8 Å². The second-order valence-corrected chi connectivity index (χ2v) is 5.21. The van der Waals surface area contributed by atoms with Crippen LogP contribution in [0.4, 0.5) is 14.6 Å². The van der Waals surface area contributed by atoms with Crippen molar-refractivity contribution in [3.05, 3.63) is 90.1 Å². The molecule has 1 heterocycles. The van der Waals surface area contributed by atoms with Gasteiger partial charge in [-0.25, -0.2) is 13.8 Å². The Balaban J connectivity index is 1.86. The molecule has 1 aromatic heterocycles. The lowest BCUT2D eigenvalue weighted by Gasteiger charge is -2.19. The summed E-state index contributed by atoms with van der Waals surface area (Å²) < 4.78 is 31.9. The van der Waals surface area contributed by atoms with Gasteiger partial charge < -0.3 is 10.1 Å². The lowest BCUT2D eigenvalue weighted by molar-refractivity contribution is -0.123. The maximum absolute atomic E-state index is 13.2. The van der Waals surface area contributed by atoms with Gasteiger partial charge in [0.25, 0.3) is 5.91 Å². The minimum Gasteiger partial charge on any atom is -0.476 e. The number of anilines is 1. The highest BCUT2D eigenvalue weighted by atomic mass is 19.1. The van der Waals surface area contributed by atoms with Crippen molar-refractivity contribution in [2.45, 2.75) is 6.10 Å². The zero-order valence-corrected chi connectivity index (χ0v) is 13.0. The quantitative estimate of drug-likeness (QED) is 0.760. The molecule has 0 bridgehead atoms. The van der Waals surface area contributed by atoms with Crippen LogP contribution < -0.4 is 10.1 Å². The lowest BCUT2D eigenvalue weighted by atomic mass is 10.1. The van der Waals surface area contributed by atoms with Crippen LogP contribution in [0.2, 0.25) is 0 Å². The molecule has 126 valence electrons.